The zero-order valence-electron chi connectivity index (χ0n) is 27.5. The summed E-state index contributed by atoms with van der Waals surface area (Å²) in [6.07, 6.45) is 8.73. The van der Waals surface area contributed by atoms with Crippen molar-refractivity contribution in [1.82, 2.24) is 10.2 Å². The fourth-order valence-corrected chi connectivity index (χ4v) is 5.51. The summed E-state index contributed by atoms with van der Waals surface area (Å²) in [6, 6.07) is 5.92. The maximum absolute atomic E-state index is 13.1. The lowest BCUT2D eigenvalue weighted by Crippen LogP contribution is -2.44. The van der Waals surface area contributed by atoms with Crippen LogP contribution in [0, 0.1) is 5.92 Å². The van der Waals surface area contributed by atoms with E-state index < -0.39 is 5.97 Å². The van der Waals surface area contributed by atoms with Gasteiger partial charge in [-0.3, -0.25) is 0 Å². The molecule has 1 fully saturated rings. The Labute approximate surface area is 267 Å². The average Bonchev–Trinajstić information content (AvgIpc) is 3.43. The number of likely N-dealkylation sites (tertiary alicyclic amines) is 1. The van der Waals surface area contributed by atoms with Crippen molar-refractivity contribution in [3.63, 3.8) is 0 Å². The maximum atomic E-state index is 13.1. The molecule has 246 valence electrons. The first-order valence-corrected chi connectivity index (χ1v) is 15.6. The van der Waals surface area contributed by atoms with E-state index in [2.05, 4.69) is 36.6 Å². The average molecular weight is 621 g/mol. The van der Waals surface area contributed by atoms with E-state index in [1.807, 2.05) is 58.9 Å². The lowest BCUT2D eigenvalue weighted by atomic mass is 9.80. The molecule has 3 rings (SSSR count). The molecule has 0 bridgehead atoms. The lowest BCUT2D eigenvalue weighted by Gasteiger charge is -2.40. The Balaban J connectivity index is 1.77. The topological polar surface area (TPSA) is 195 Å². The maximum Gasteiger partial charge on any atom is 0.338 e. The number of nitrogens with two attached hydrogens (primary N) is 4. The highest BCUT2D eigenvalue weighted by Crippen LogP contribution is 2.47. The monoisotopic (exact) mass is 620 g/mol. The van der Waals surface area contributed by atoms with Gasteiger partial charge in [0.2, 0.25) is 0 Å². The molecule has 1 aromatic rings. The summed E-state index contributed by atoms with van der Waals surface area (Å²) < 4.78 is 5.60. The van der Waals surface area contributed by atoms with Crippen LogP contribution in [-0.2, 0) is 4.74 Å². The largest absolute Gasteiger partial charge is 0.458 e. The van der Waals surface area contributed by atoms with Crippen LogP contribution in [0.15, 0.2) is 68.1 Å². The van der Waals surface area contributed by atoms with Crippen LogP contribution in [0.2, 0.25) is 0 Å². The highest BCUT2D eigenvalue weighted by atomic mass is 16.5. The van der Waals surface area contributed by atoms with E-state index in [9.17, 15) is 4.79 Å². The molecule has 1 saturated heterocycles. The molecule has 0 radical (unpaired) electrons. The number of carbonyl (C=O) groups excluding carboxylic acids is 1. The number of hydrogen-bond acceptors (Lipinski definition) is 6. The van der Waals surface area contributed by atoms with Crippen LogP contribution in [0.5, 0.6) is 0 Å². The van der Waals surface area contributed by atoms with Gasteiger partial charge in [0.05, 0.1) is 31.2 Å². The van der Waals surface area contributed by atoms with E-state index in [0.717, 1.165) is 49.2 Å². The van der Waals surface area contributed by atoms with Gasteiger partial charge >= 0.3 is 5.97 Å². The molecule has 12 heteroatoms. The number of hydrogen-bond donors (Lipinski definition) is 6. The molecule has 2 aliphatic heterocycles. The third kappa shape index (κ3) is 10.9. The number of aliphatic imine (C=N–C) groups is 3. The second-order valence-corrected chi connectivity index (χ2v) is 12.1. The van der Waals surface area contributed by atoms with Gasteiger partial charge in [0.1, 0.15) is 6.61 Å². The number of rotatable bonds is 13. The minimum Gasteiger partial charge on any atom is -0.458 e. The van der Waals surface area contributed by atoms with Gasteiger partial charge in [-0.25, -0.2) is 19.8 Å². The van der Waals surface area contributed by atoms with Crippen molar-refractivity contribution in [2.45, 2.75) is 66.0 Å². The zero-order chi connectivity index (χ0) is 32.9. The summed E-state index contributed by atoms with van der Waals surface area (Å²) in [5.41, 5.74) is 29.2. The number of allylic oxidation sites excluding steroid dienone is 2. The summed E-state index contributed by atoms with van der Waals surface area (Å²) in [7, 11) is 0. The van der Waals surface area contributed by atoms with E-state index in [1.54, 1.807) is 6.07 Å². The van der Waals surface area contributed by atoms with Crippen LogP contribution < -0.4 is 33.6 Å². The van der Waals surface area contributed by atoms with Crippen LogP contribution in [0.1, 0.15) is 75.8 Å². The minimum absolute atomic E-state index is 0.0145. The molecule has 10 N–H and O–H groups in total. The summed E-state index contributed by atoms with van der Waals surface area (Å²) >= 11 is 0. The Kier molecular flexibility index (Phi) is 13.3. The van der Waals surface area contributed by atoms with Gasteiger partial charge in [0.25, 0.3) is 0 Å². The van der Waals surface area contributed by atoms with Crippen molar-refractivity contribution in [2.24, 2.45) is 43.8 Å². The Morgan fingerprint density at radius 3 is 2.38 bits per heavy atom. The number of nitrogens with one attached hydrogen (secondary N) is 2. The standard InChI is InChI=1S/C33H52N10O2/c1-21(2)10-15-40-32(36)39-14-6-7-27-25-13-18-43(33(37)41-16-11-22(3)4)29(25)26-19-24(8-9-28(26)42-27)30(44)45-20-23(5)12-17-38-31(34)35/h8-12,19,25,27,29,42H,6-7,13-18,20H2,1-5H3,(H2,37,41)(H4,34,35,38)(H3,36,39,40)/b23-12+/t25-,27-,29-/m0/s1. The van der Waals surface area contributed by atoms with Crippen LogP contribution in [0.4, 0.5) is 5.69 Å². The third-order valence-electron chi connectivity index (χ3n) is 7.86. The number of carbonyl (C=O) groups is 1. The summed E-state index contributed by atoms with van der Waals surface area (Å²) in [5, 5.41) is 6.99. The first-order valence-electron chi connectivity index (χ1n) is 15.6. The quantitative estimate of drug-likeness (QED) is 0.0631. The van der Waals surface area contributed by atoms with Gasteiger partial charge in [-0.2, -0.15) is 0 Å². The van der Waals surface area contributed by atoms with Crippen molar-refractivity contribution in [1.29, 1.82) is 0 Å². The molecular formula is C33H52N10O2. The number of benzene rings is 1. The zero-order valence-corrected chi connectivity index (χ0v) is 27.5. The van der Waals surface area contributed by atoms with Gasteiger partial charge in [0, 0.05) is 30.7 Å². The number of nitrogens with zero attached hydrogens (tertiary/aromatic N) is 4. The second kappa shape index (κ2) is 17.1. The predicted octanol–water partition coefficient (Wildman–Crippen LogP) is 3.15. The normalized spacial score (nSPS) is 19.5. The number of fused-ring (bicyclic) bond motifs is 3. The van der Waals surface area contributed by atoms with Crippen LogP contribution >= 0.6 is 0 Å². The molecular weight excluding hydrogens is 568 g/mol. The van der Waals surface area contributed by atoms with Crippen molar-refractivity contribution >= 4 is 29.5 Å². The SMILES string of the molecule is CC(C)=CCN=C(N)NCCC[C@@H]1Nc2ccc(C(=O)OC/C(C)=C/CN=C(N)N)cc2[C@@H]2[C@H]1CCN2C(N)=NCC=C(C)C. The van der Waals surface area contributed by atoms with Crippen molar-refractivity contribution < 1.29 is 9.53 Å². The van der Waals surface area contributed by atoms with E-state index in [4.69, 9.17) is 27.7 Å². The van der Waals surface area contributed by atoms with Crippen LogP contribution in [-0.4, -0.2) is 74.1 Å². The number of ether oxygens (including phenoxy) is 1. The van der Waals surface area contributed by atoms with Crippen molar-refractivity contribution in [3.05, 3.63) is 64.3 Å². The van der Waals surface area contributed by atoms with Gasteiger partial charge in [0.15, 0.2) is 17.9 Å². The van der Waals surface area contributed by atoms with Gasteiger partial charge in [-0.05, 0) is 83.2 Å². The Bertz CT molecular complexity index is 1350. The smallest absolute Gasteiger partial charge is 0.338 e. The highest BCUT2D eigenvalue weighted by Gasteiger charge is 2.44. The van der Waals surface area contributed by atoms with Crippen molar-refractivity contribution in [2.75, 3.05) is 44.6 Å². The Morgan fingerprint density at radius 2 is 1.69 bits per heavy atom. The first-order chi connectivity index (χ1) is 21.5. The molecule has 0 saturated carbocycles. The predicted molar refractivity (Wildman–Crippen MR) is 185 cm³/mol. The summed E-state index contributed by atoms with van der Waals surface area (Å²) in [5.74, 6) is 0.882. The summed E-state index contributed by atoms with van der Waals surface area (Å²) in [4.78, 5) is 28.2. The van der Waals surface area contributed by atoms with Crippen LogP contribution in [0.25, 0.3) is 0 Å². The number of guanidine groups is 3. The van der Waals surface area contributed by atoms with E-state index in [1.165, 1.54) is 11.1 Å². The fourth-order valence-electron chi connectivity index (χ4n) is 5.51. The molecule has 0 spiro atoms. The summed E-state index contributed by atoms with van der Waals surface area (Å²) in [6.45, 7) is 13.1. The molecule has 3 atom stereocenters. The van der Waals surface area contributed by atoms with Crippen LogP contribution in [0.3, 0.4) is 0 Å². The molecule has 0 aliphatic carbocycles. The lowest BCUT2D eigenvalue weighted by molar-refractivity contribution is 0.0539. The fraction of sp³-hybridized carbons (Fsp3) is 0.515. The van der Waals surface area contributed by atoms with E-state index in [0.29, 0.717) is 37.1 Å². The van der Waals surface area contributed by atoms with Crippen molar-refractivity contribution in [3.8, 4) is 0 Å². The minimum atomic E-state index is -0.393. The first kappa shape index (κ1) is 35.0. The third-order valence-corrected chi connectivity index (χ3v) is 7.86. The van der Waals surface area contributed by atoms with Gasteiger partial charge < -0.3 is 43.2 Å². The van der Waals surface area contributed by atoms with Gasteiger partial charge in [-0.1, -0.05) is 29.4 Å². The highest BCUT2D eigenvalue weighted by molar-refractivity contribution is 5.91. The molecule has 0 aromatic heterocycles. The molecule has 12 nitrogen and oxygen atoms in total. The van der Waals surface area contributed by atoms with Gasteiger partial charge in [-0.15, -0.1) is 0 Å². The molecule has 45 heavy (non-hydrogen) atoms. The number of esters is 1. The molecule has 2 heterocycles. The van der Waals surface area contributed by atoms with E-state index >= 15 is 0 Å². The Morgan fingerprint density at radius 1 is 1.00 bits per heavy atom. The molecule has 0 amide bonds. The molecule has 0 unspecified atom stereocenters. The molecule has 1 aromatic carbocycles. The van der Waals surface area contributed by atoms with E-state index in [-0.39, 0.29) is 30.6 Å². The number of anilines is 1. The second-order valence-electron chi connectivity index (χ2n) is 12.1. The Hall–Kier alpha value is -4.48. The molecule has 2 aliphatic rings.